The van der Waals surface area contributed by atoms with E-state index in [-0.39, 0.29) is 0 Å². The van der Waals surface area contributed by atoms with E-state index in [4.69, 9.17) is 5.73 Å². The van der Waals surface area contributed by atoms with E-state index in [2.05, 4.69) is 27.7 Å². The van der Waals surface area contributed by atoms with Gasteiger partial charge in [-0.05, 0) is 30.7 Å². The Morgan fingerprint density at radius 3 is 1.56 bits per heavy atom. The van der Waals surface area contributed by atoms with Crippen LogP contribution in [0.1, 0.15) is 72.6 Å². The number of hydrogen-bond donors (Lipinski definition) is 1. The van der Waals surface area contributed by atoms with E-state index in [9.17, 15) is 0 Å². The summed E-state index contributed by atoms with van der Waals surface area (Å²) >= 11 is 0. The third-order valence-electron chi connectivity index (χ3n) is 3.78. The summed E-state index contributed by atoms with van der Waals surface area (Å²) in [5.41, 5.74) is 5.52. The largest absolute Gasteiger partial charge is 0.330 e. The molecule has 1 heteroatoms. The molecule has 2 unspecified atom stereocenters. The van der Waals surface area contributed by atoms with E-state index in [0.717, 1.165) is 24.3 Å². The van der Waals surface area contributed by atoms with Crippen LogP contribution in [-0.2, 0) is 0 Å². The standard InChI is InChI=1S/C15H33N/c1-13(2)9-5-6-10-14(3)15(4)11-7-8-12-16/h13-15H,5-12,16H2,1-4H3. The molecule has 0 saturated carbocycles. The fourth-order valence-electron chi connectivity index (χ4n) is 2.20. The SMILES string of the molecule is CC(C)CCCCC(C)C(C)CCCCN. The quantitative estimate of drug-likeness (QED) is 0.542. The van der Waals surface area contributed by atoms with Crippen LogP contribution in [0.2, 0.25) is 0 Å². The smallest absolute Gasteiger partial charge is 0.00773 e. The molecule has 0 aromatic rings. The Morgan fingerprint density at radius 2 is 1.12 bits per heavy atom. The first kappa shape index (κ1) is 16.0. The van der Waals surface area contributed by atoms with Gasteiger partial charge in [-0.15, -0.1) is 0 Å². The molecule has 0 aromatic carbocycles. The van der Waals surface area contributed by atoms with Crippen LogP contribution in [-0.4, -0.2) is 6.54 Å². The highest BCUT2D eigenvalue weighted by Gasteiger charge is 2.11. The van der Waals surface area contributed by atoms with Crippen LogP contribution in [0.4, 0.5) is 0 Å². The number of unbranched alkanes of at least 4 members (excludes halogenated alkanes) is 2. The van der Waals surface area contributed by atoms with Crippen molar-refractivity contribution in [3.8, 4) is 0 Å². The molecular formula is C15H33N. The molecule has 1 nitrogen and oxygen atoms in total. The maximum absolute atomic E-state index is 5.52. The van der Waals surface area contributed by atoms with Gasteiger partial charge in [-0.25, -0.2) is 0 Å². The molecule has 0 fully saturated rings. The van der Waals surface area contributed by atoms with Crippen molar-refractivity contribution in [3.63, 3.8) is 0 Å². The van der Waals surface area contributed by atoms with Gasteiger partial charge in [-0.1, -0.05) is 66.2 Å². The van der Waals surface area contributed by atoms with Gasteiger partial charge in [0.25, 0.3) is 0 Å². The molecule has 0 radical (unpaired) electrons. The Morgan fingerprint density at radius 1 is 0.688 bits per heavy atom. The first-order chi connectivity index (χ1) is 7.57. The molecule has 2 atom stereocenters. The average molecular weight is 227 g/mol. The molecule has 0 amide bonds. The Bertz CT molecular complexity index is 142. The molecule has 0 saturated heterocycles. The Balaban J connectivity index is 3.43. The van der Waals surface area contributed by atoms with Crippen LogP contribution in [0.5, 0.6) is 0 Å². The van der Waals surface area contributed by atoms with Crippen LogP contribution in [0.25, 0.3) is 0 Å². The molecule has 0 aliphatic heterocycles. The first-order valence-corrected chi connectivity index (χ1v) is 7.28. The zero-order valence-corrected chi connectivity index (χ0v) is 12.0. The lowest BCUT2D eigenvalue weighted by atomic mass is 9.87. The number of rotatable bonds is 10. The summed E-state index contributed by atoms with van der Waals surface area (Å²) in [7, 11) is 0. The molecule has 0 aliphatic rings. The lowest BCUT2D eigenvalue weighted by molar-refractivity contribution is 0.322. The summed E-state index contributed by atoms with van der Waals surface area (Å²) < 4.78 is 0. The van der Waals surface area contributed by atoms with Crippen LogP contribution in [0.15, 0.2) is 0 Å². The van der Waals surface area contributed by atoms with Crippen molar-refractivity contribution in [1.29, 1.82) is 0 Å². The van der Waals surface area contributed by atoms with Crippen LogP contribution < -0.4 is 5.73 Å². The fourth-order valence-corrected chi connectivity index (χ4v) is 2.20. The van der Waals surface area contributed by atoms with Gasteiger partial charge in [0.05, 0.1) is 0 Å². The Labute approximate surface area is 103 Å². The lowest BCUT2D eigenvalue weighted by Gasteiger charge is -2.19. The zero-order chi connectivity index (χ0) is 12.4. The highest BCUT2D eigenvalue weighted by Crippen LogP contribution is 2.23. The molecule has 0 heterocycles. The second kappa shape index (κ2) is 10.1. The van der Waals surface area contributed by atoms with Crippen LogP contribution >= 0.6 is 0 Å². The van der Waals surface area contributed by atoms with Crippen molar-refractivity contribution < 1.29 is 0 Å². The van der Waals surface area contributed by atoms with Crippen molar-refractivity contribution in [2.45, 2.75) is 72.6 Å². The first-order valence-electron chi connectivity index (χ1n) is 7.28. The molecule has 0 aromatic heterocycles. The predicted molar refractivity (Wildman–Crippen MR) is 74.5 cm³/mol. The van der Waals surface area contributed by atoms with Crippen LogP contribution in [0.3, 0.4) is 0 Å². The summed E-state index contributed by atoms with van der Waals surface area (Å²) in [6.45, 7) is 10.3. The molecule has 0 spiro atoms. The molecule has 2 N–H and O–H groups in total. The topological polar surface area (TPSA) is 26.0 Å². The lowest BCUT2D eigenvalue weighted by Crippen LogP contribution is -2.09. The molecule has 0 bridgehead atoms. The van der Waals surface area contributed by atoms with E-state index in [0.29, 0.717) is 0 Å². The van der Waals surface area contributed by atoms with Crippen LogP contribution in [0, 0.1) is 17.8 Å². The van der Waals surface area contributed by atoms with Crippen molar-refractivity contribution in [2.24, 2.45) is 23.5 Å². The maximum Gasteiger partial charge on any atom is -0.00773 e. The minimum absolute atomic E-state index is 0.857. The van der Waals surface area contributed by atoms with Gasteiger partial charge >= 0.3 is 0 Å². The highest BCUT2D eigenvalue weighted by molar-refractivity contribution is 4.63. The molecular weight excluding hydrogens is 194 g/mol. The molecule has 16 heavy (non-hydrogen) atoms. The third kappa shape index (κ3) is 9.21. The zero-order valence-electron chi connectivity index (χ0n) is 12.0. The fraction of sp³-hybridized carbons (Fsp3) is 1.00. The molecule has 0 aliphatic carbocycles. The van der Waals surface area contributed by atoms with Gasteiger partial charge in [0, 0.05) is 0 Å². The summed E-state index contributed by atoms with van der Waals surface area (Å²) in [6.07, 6.45) is 9.52. The van der Waals surface area contributed by atoms with Crippen molar-refractivity contribution in [2.75, 3.05) is 6.54 Å². The van der Waals surface area contributed by atoms with Gasteiger partial charge < -0.3 is 5.73 Å². The van der Waals surface area contributed by atoms with E-state index in [1.165, 1.54) is 44.9 Å². The van der Waals surface area contributed by atoms with E-state index < -0.39 is 0 Å². The molecule has 0 rings (SSSR count). The van der Waals surface area contributed by atoms with E-state index in [1.807, 2.05) is 0 Å². The van der Waals surface area contributed by atoms with Gasteiger partial charge in [0.15, 0.2) is 0 Å². The van der Waals surface area contributed by atoms with Crippen molar-refractivity contribution in [1.82, 2.24) is 0 Å². The highest BCUT2D eigenvalue weighted by atomic mass is 14.5. The van der Waals surface area contributed by atoms with E-state index in [1.54, 1.807) is 0 Å². The summed E-state index contributed by atoms with van der Waals surface area (Å²) in [4.78, 5) is 0. The Hall–Kier alpha value is -0.0400. The second-order valence-electron chi connectivity index (χ2n) is 5.92. The van der Waals surface area contributed by atoms with Gasteiger partial charge in [0.2, 0.25) is 0 Å². The summed E-state index contributed by atoms with van der Waals surface area (Å²) in [5, 5.41) is 0. The molecule has 98 valence electrons. The van der Waals surface area contributed by atoms with Gasteiger partial charge in [-0.3, -0.25) is 0 Å². The maximum atomic E-state index is 5.52. The van der Waals surface area contributed by atoms with Crippen molar-refractivity contribution in [3.05, 3.63) is 0 Å². The van der Waals surface area contributed by atoms with E-state index >= 15 is 0 Å². The predicted octanol–water partition coefficient (Wildman–Crippen LogP) is 4.60. The average Bonchev–Trinajstić information content (AvgIpc) is 2.24. The van der Waals surface area contributed by atoms with Crippen molar-refractivity contribution >= 4 is 0 Å². The number of nitrogens with two attached hydrogens (primary N) is 1. The second-order valence-corrected chi connectivity index (χ2v) is 5.92. The summed E-state index contributed by atoms with van der Waals surface area (Å²) in [5.74, 6) is 2.65. The minimum Gasteiger partial charge on any atom is -0.330 e. The minimum atomic E-state index is 0.857. The third-order valence-corrected chi connectivity index (χ3v) is 3.78. The monoisotopic (exact) mass is 227 g/mol. The Kier molecular flexibility index (Phi) is 10.1. The van der Waals surface area contributed by atoms with Gasteiger partial charge in [0.1, 0.15) is 0 Å². The number of hydrogen-bond acceptors (Lipinski definition) is 1. The normalized spacial score (nSPS) is 15.4. The van der Waals surface area contributed by atoms with Gasteiger partial charge in [-0.2, -0.15) is 0 Å². The summed E-state index contributed by atoms with van der Waals surface area (Å²) in [6, 6.07) is 0.